The Labute approximate surface area is 140 Å². The van der Waals surface area contributed by atoms with Gasteiger partial charge < -0.3 is 0 Å². The Hall–Kier alpha value is -2.53. The van der Waals surface area contributed by atoms with Crippen LogP contribution in [0.5, 0.6) is 0 Å². The van der Waals surface area contributed by atoms with Gasteiger partial charge in [0.25, 0.3) is 0 Å². The minimum atomic E-state index is -0.231. The lowest BCUT2D eigenvalue weighted by molar-refractivity contribution is 0.298. The summed E-state index contributed by atoms with van der Waals surface area (Å²) in [6.45, 7) is 1.01. The number of piperidine rings is 1. The van der Waals surface area contributed by atoms with Gasteiger partial charge in [-0.05, 0) is 55.6 Å². The first kappa shape index (κ1) is 15.0. The van der Waals surface area contributed by atoms with Crippen molar-refractivity contribution >= 4 is 0 Å². The van der Waals surface area contributed by atoms with Gasteiger partial charge in [0.05, 0.1) is 0 Å². The van der Waals surface area contributed by atoms with Crippen LogP contribution in [-0.4, -0.2) is 21.3 Å². The van der Waals surface area contributed by atoms with Gasteiger partial charge in [-0.15, -0.1) is 0 Å². The molecule has 1 aliphatic rings. The van der Waals surface area contributed by atoms with Crippen LogP contribution < -0.4 is 5.32 Å². The van der Waals surface area contributed by atoms with Gasteiger partial charge in [-0.3, -0.25) is 15.0 Å². The Balaban J connectivity index is 1.80. The SMILES string of the molecule is Fc1ccc(-c2cn(C3CCCCN3)nc2-c2ccncc2)cc1. The first-order valence-corrected chi connectivity index (χ1v) is 8.30. The highest BCUT2D eigenvalue weighted by Gasteiger charge is 2.19. The maximum Gasteiger partial charge on any atom is 0.123 e. The van der Waals surface area contributed by atoms with Crippen LogP contribution in [-0.2, 0) is 0 Å². The van der Waals surface area contributed by atoms with Gasteiger partial charge >= 0.3 is 0 Å². The molecule has 0 spiro atoms. The van der Waals surface area contributed by atoms with Crippen LogP contribution in [0.15, 0.2) is 55.0 Å². The van der Waals surface area contributed by atoms with E-state index < -0.39 is 0 Å². The topological polar surface area (TPSA) is 42.7 Å². The molecule has 1 aliphatic heterocycles. The Kier molecular flexibility index (Phi) is 4.09. The second-order valence-electron chi connectivity index (χ2n) is 6.08. The molecule has 3 heterocycles. The van der Waals surface area contributed by atoms with Crippen molar-refractivity contribution in [3.05, 3.63) is 60.8 Å². The summed E-state index contributed by atoms with van der Waals surface area (Å²) in [6, 6.07) is 10.5. The first-order valence-electron chi connectivity index (χ1n) is 8.30. The van der Waals surface area contributed by atoms with Crippen LogP contribution in [0.1, 0.15) is 25.4 Å². The molecular weight excluding hydrogens is 303 g/mol. The second-order valence-corrected chi connectivity index (χ2v) is 6.08. The summed E-state index contributed by atoms with van der Waals surface area (Å²) in [5.74, 6) is -0.231. The molecule has 1 fully saturated rings. The third kappa shape index (κ3) is 2.95. The summed E-state index contributed by atoms with van der Waals surface area (Å²) < 4.78 is 15.3. The molecule has 24 heavy (non-hydrogen) atoms. The maximum atomic E-state index is 13.3. The highest BCUT2D eigenvalue weighted by atomic mass is 19.1. The number of hydrogen-bond donors (Lipinski definition) is 1. The molecule has 122 valence electrons. The zero-order chi connectivity index (χ0) is 16.4. The Morgan fingerprint density at radius 1 is 1.00 bits per heavy atom. The Bertz CT molecular complexity index is 805. The number of nitrogens with zero attached hydrogens (tertiary/aromatic N) is 3. The van der Waals surface area contributed by atoms with Gasteiger partial charge in [0, 0.05) is 29.7 Å². The Morgan fingerprint density at radius 3 is 2.50 bits per heavy atom. The summed E-state index contributed by atoms with van der Waals surface area (Å²) in [7, 11) is 0. The number of nitrogens with one attached hydrogen (secondary N) is 1. The van der Waals surface area contributed by atoms with Crippen molar-refractivity contribution in [1.82, 2.24) is 20.1 Å². The molecule has 0 saturated carbocycles. The third-order valence-corrected chi connectivity index (χ3v) is 4.44. The number of hydrogen-bond acceptors (Lipinski definition) is 3. The normalized spacial score (nSPS) is 17.8. The van der Waals surface area contributed by atoms with E-state index in [-0.39, 0.29) is 12.0 Å². The number of benzene rings is 1. The summed E-state index contributed by atoms with van der Waals surface area (Å²) >= 11 is 0. The molecule has 3 aromatic rings. The standard InChI is InChI=1S/C19H19FN4/c20-16-6-4-14(5-7-16)17-13-24(18-3-1-2-10-22-18)23-19(17)15-8-11-21-12-9-15/h4-9,11-13,18,22H,1-3,10H2. The molecule has 2 aromatic heterocycles. The minimum Gasteiger partial charge on any atom is -0.296 e. The fraction of sp³-hybridized carbons (Fsp3) is 0.263. The van der Waals surface area contributed by atoms with Gasteiger partial charge in [-0.25, -0.2) is 4.39 Å². The van der Waals surface area contributed by atoms with Crippen molar-refractivity contribution in [3.8, 4) is 22.4 Å². The van der Waals surface area contributed by atoms with E-state index in [4.69, 9.17) is 5.10 Å². The van der Waals surface area contributed by atoms with Gasteiger partial charge in [0.1, 0.15) is 17.7 Å². The molecule has 4 rings (SSSR count). The quantitative estimate of drug-likeness (QED) is 0.792. The highest BCUT2D eigenvalue weighted by Crippen LogP contribution is 2.32. The largest absolute Gasteiger partial charge is 0.296 e. The molecule has 0 radical (unpaired) electrons. The van der Waals surface area contributed by atoms with Crippen LogP contribution in [0.3, 0.4) is 0 Å². The maximum absolute atomic E-state index is 13.3. The van der Waals surface area contributed by atoms with Crippen LogP contribution in [0.25, 0.3) is 22.4 Å². The molecule has 1 unspecified atom stereocenters. The van der Waals surface area contributed by atoms with E-state index in [1.54, 1.807) is 24.5 Å². The van der Waals surface area contributed by atoms with Crippen molar-refractivity contribution in [2.24, 2.45) is 0 Å². The lowest BCUT2D eigenvalue weighted by Gasteiger charge is -2.23. The summed E-state index contributed by atoms with van der Waals surface area (Å²) in [6.07, 6.45) is 9.29. The second kappa shape index (κ2) is 6.53. The van der Waals surface area contributed by atoms with E-state index in [9.17, 15) is 4.39 Å². The third-order valence-electron chi connectivity index (χ3n) is 4.44. The average Bonchev–Trinajstić information content (AvgIpc) is 3.09. The van der Waals surface area contributed by atoms with E-state index in [0.29, 0.717) is 0 Å². The molecule has 0 amide bonds. The van der Waals surface area contributed by atoms with Gasteiger partial charge in [0.15, 0.2) is 0 Å². The van der Waals surface area contributed by atoms with Crippen molar-refractivity contribution in [3.63, 3.8) is 0 Å². The highest BCUT2D eigenvalue weighted by molar-refractivity contribution is 5.80. The van der Waals surface area contributed by atoms with Crippen molar-refractivity contribution < 1.29 is 4.39 Å². The van der Waals surface area contributed by atoms with Crippen molar-refractivity contribution in [2.45, 2.75) is 25.4 Å². The van der Waals surface area contributed by atoms with E-state index in [0.717, 1.165) is 35.3 Å². The molecule has 1 aromatic carbocycles. The van der Waals surface area contributed by atoms with E-state index >= 15 is 0 Å². The number of pyridine rings is 1. The number of halogens is 1. The van der Waals surface area contributed by atoms with Crippen molar-refractivity contribution in [1.29, 1.82) is 0 Å². The lowest BCUT2D eigenvalue weighted by atomic mass is 10.0. The lowest BCUT2D eigenvalue weighted by Crippen LogP contribution is -2.31. The fourth-order valence-corrected chi connectivity index (χ4v) is 3.17. The fourth-order valence-electron chi connectivity index (χ4n) is 3.17. The molecule has 1 N–H and O–H groups in total. The molecule has 5 heteroatoms. The predicted molar refractivity (Wildman–Crippen MR) is 91.7 cm³/mol. The van der Waals surface area contributed by atoms with Crippen LogP contribution >= 0.6 is 0 Å². The van der Waals surface area contributed by atoms with E-state index in [1.807, 2.05) is 16.8 Å². The molecule has 4 nitrogen and oxygen atoms in total. The summed E-state index contributed by atoms with van der Waals surface area (Å²) in [4.78, 5) is 4.09. The monoisotopic (exact) mass is 322 g/mol. The van der Waals surface area contributed by atoms with E-state index in [2.05, 4.69) is 16.5 Å². The number of rotatable bonds is 3. The molecule has 1 saturated heterocycles. The summed E-state index contributed by atoms with van der Waals surface area (Å²) in [5.41, 5.74) is 3.88. The van der Waals surface area contributed by atoms with Crippen molar-refractivity contribution in [2.75, 3.05) is 6.54 Å². The van der Waals surface area contributed by atoms with Crippen LogP contribution in [0.4, 0.5) is 4.39 Å². The van der Waals surface area contributed by atoms with Gasteiger partial charge in [-0.1, -0.05) is 12.1 Å². The van der Waals surface area contributed by atoms with Gasteiger partial charge in [-0.2, -0.15) is 5.10 Å². The number of aromatic nitrogens is 3. The van der Waals surface area contributed by atoms with E-state index in [1.165, 1.54) is 25.0 Å². The first-order chi connectivity index (χ1) is 11.8. The van der Waals surface area contributed by atoms with Crippen LogP contribution in [0.2, 0.25) is 0 Å². The molecular formula is C19H19FN4. The van der Waals surface area contributed by atoms with Crippen LogP contribution in [0, 0.1) is 5.82 Å². The predicted octanol–water partition coefficient (Wildman–Crippen LogP) is 4.02. The molecule has 1 atom stereocenters. The zero-order valence-corrected chi connectivity index (χ0v) is 13.3. The summed E-state index contributed by atoms with van der Waals surface area (Å²) in [5, 5.41) is 8.35. The smallest absolute Gasteiger partial charge is 0.123 e. The average molecular weight is 322 g/mol. The Morgan fingerprint density at radius 2 is 1.79 bits per heavy atom. The molecule has 0 aliphatic carbocycles. The molecule has 0 bridgehead atoms. The zero-order valence-electron chi connectivity index (χ0n) is 13.3. The minimum absolute atomic E-state index is 0.216. The van der Waals surface area contributed by atoms with Gasteiger partial charge in [0.2, 0.25) is 0 Å².